The third-order valence-electron chi connectivity index (χ3n) is 3.55. The highest BCUT2D eigenvalue weighted by Crippen LogP contribution is 2.30. The van der Waals surface area contributed by atoms with Crippen LogP contribution in [0.15, 0.2) is 18.2 Å². The van der Waals surface area contributed by atoms with E-state index in [1.165, 1.54) is 5.56 Å². The number of benzene rings is 1. The van der Waals surface area contributed by atoms with Crippen LogP contribution in [-0.4, -0.2) is 19.8 Å². The Morgan fingerprint density at radius 1 is 1.32 bits per heavy atom. The summed E-state index contributed by atoms with van der Waals surface area (Å²) in [5, 5.41) is 0. The van der Waals surface area contributed by atoms with E-state index in [1.807, 2.05) is 12.1 Å². The van der Waals surface area contributed by atoms with E-state index in [4.69, 9.17) is 15.3 Å². The minimum atomic E-state index is -0.147. The van der Waals surface area contributed by atoms with Crippen molar-refractivity contribution >= 4 is 0 Å². The second-order valence-electron chi connectivity index (χ2n) is 5.47. The fourth-order valence-electron chi connectivity index (χ4n) is 2.05. The predicted octanol–water partition coefficient (Wildman–Crippen LogP) is 2.71. The summed E-state index contributed by atoms with van der Waals surface area (Å²) >= 11 is 0. The lowest BCUT2D eigenvalue weighted by atomic mass is 9.94. The van der Waals surface area contributed by atoms with E-state index in [1.54, 1.807) is 14.2 Å². The number of hydrazine groups is 1. The van der Waals surface area contributed by atoms with Crippen LogP contribution in [0.1, 0.15) is 43.9 Å². The molecule has 0 fully saturated rings. The molecule has 1 aromatic carbocycles. The van der Waals surface area contributed by atoms with E-state index in [9.17, 15) is 0 Å². The van der Waals surface area contributed by atoms with Gasteiger partial charge in [-0.2, -0.15) is 0 Å². The largest absolute Gasteiger partial charge is 0.496 e. The zero-order chi connectivity index (χ0) is 14.5. The molecule has 0 spiro atoms. The number of hydrogen-bond acceptors (Lipinski definition) is 4. The van der Waals surface area contributed by atoms with E-state index in [0.717, 1.165) is 24.2 Å². The maximum atomic E-state index is 5.70. The number of rotatable bonds is 7. The minimum Gasteiger partial charge on any atom is -0.496 e. The average Bonchev–Trinajstić information content (AvgIpc) is 2.39. The molecule has 0 aliphatic carbocycles. The van der Waals surface area contributed by atoms with E-state index >= 15 is 0 Å². The van der Waals surface area contributed by atoms with Crippen molar-refractivity contribution in [1.29, 1.82) is 0 Å². The fourth-order valence-corrected chi connectivity index (χ4v) is 2.05. The van der Waals surface area contributed by atoms with Crippen LogP contribution in [0.25, 0.3) is 0 Å². The van der Waals surface area contributed by atoms with Crippen molar-refractivity contribution in [1.82, 2.24) is 5.43 Å². The third-order valence-corrected chi connectivity index (χ3v) is 3.55. The molecule has 1 unspecified atom stereocenters. The lowest BCUT2D eigenvalue weighted by molar-refractivity contribution is 0.0116. The summed E-state index contributed by atoms with van der Waals surface area (Å²) in [6, 6.07) is 6.19. The standard InChI is InChI=1S/C15H26N2O2/c1-11-6-7-14(18-4)12(10-11)13(17-16)8-9-15(2,3)19-5/h6-7,10,13,17H,8-9,16H2,1-5H3. The van der Waals surface area contributed by atoms with Crippen LogP contribution >= 0.6 is 0 Å². The molecule has 0 heterocycles. The number of aryl methyl sites for hydroxylation is 1. The molecule has 3 N–H and O–H groups in total. The molecular formula is C15H26N2O2. The Morgan fingerprint density at radius 3 is 2.53 bits per heavy atom. The van der Waals surface area contributed by atoms with Gasteiger partial charge >= 0.3 is 0 Å². The average molecular weight is 266 g/mol. The number of nitrogens with two attached hydrogens (primary N) is 1. The van der Waals surface area contributed by atoms with Crippen molar-refractivity contribution in [2.45, 2.75) is 45.3 Å². The molecule has 0 radical (unpaired) electrons. The second-order valence-corrected chi connectivity index (χ2v) is 5.47. The summed E-state index contributed by atoms with van der Waals surface area (Å²) < 4.78 is 10.9. The van der Waals surface area contributed by atoms with E-state index in [-0.39, 0.29) is 11.6 Å². The van der Waals surface area contributed by atoms with Crippen LogP contribution in [0.5, 0.6) is 5.75 Å². The summed E-state index contributed by atoms with van der Waals surface area (Å²) in [6.45, 7) is 6.22. The van der Waals surface area contributed by atoms with Gasteiger partial charge in [0.1, 0.15) is 5.75 Å². The Bertz CT molecular complexity index is 405. The number of nitrogens with one attached hydrogen (secondary N) is 1. The lowest BCUT2D eigenvalue weighted by Crippen LogP contribution is -2.31. The van der Waals surface area contributed by atoms with Gasteiger partial charge in [-0.15, -0.1) is 0 Å². The molecule has 0 saturated heterocycles. The van der Waals surface area contributed by atoms with Crippen LogP contribution < -0.4 is 16.0 Å². The van der Waals surface area contributed by atoms with Crippen LogP contribution in [0.3, 0.4) is 0 Å². The first-order valence-corrected chi connectivity index (χ1v) is 6.59. The molecule has 0 aromatic heterocycles. The van der Waals surface area contributed by atoms with Gasteiger partial charge in [0, 0.05) is 18.7 Å². The lowest BCUT2D eigenvalue weighted by Gasteiger charge is -2.26. The van der Waals surface area contributed by atoms with E-state index in [2.05, 4.69) is 32.3 Å². The van der Waals surface area contributed by atoms with Gasteiger partial charge < -0.3 is 9.47 Å². The minimum absolute atomic E-state index is 0.0595. The predicted molar refractivity (Wildman–Crippen MR) is 78.1 cm³/mol. The Hall–Kier alpha value is -1.10. The fraction of sp³-hybridized carbons (Fsp3) is 0.600. The molecule has 0 aliphatic rings. The number of ether oxygens (including phenoxy) is 2. The van der Waals surface area contributed by atoms with Crippen molar-refractivity contribution < 1.29 is 9.47 Å². The summed E-state index contributed by atoms with van der Waals surface area (Å²) in [6.07, 6.45) is 1.80. The smallest absolute Gasteiger partial charge is 0.123 e. The molecule has 0 amide bonds. The van der Waals surface area contributed by atoms with Crippen molar-refractivity contribution in [3.05, 3.63) is 29.3 Å². The number of hydrogen-bond donors (Lipinski definition) is 2. The highest BCUT2D eigenvalue weighted by molar-refractivity contribution is 5.39. The van der Waals surface area contributed by atoms with Crippen molar-refractivity contribution in [3.8, 4) is 5.75 Å². The second kappa shape index (κ2) is 6.89. The van der Waals surface area contributed by atoms with Gasteiger partial charge in [0.25, 0.3) is 0 Å². The van der Waals surface area contributed by atoms with Gasteiger partial charge in [-0.05, 0) is 39.7 Å². The Labute approximate surface area is 116 Å². The third kappa shape index (κ3) is 4.49. The van der Waals surface area contributed by atoms with Crippen LogP contribution in [0, 0.1) is 6.92 Å². The molecule has 19 heavy (non-hydrogen) atoms. The molecule has 0 saturated carbocycles. The monoisotopic (exact) mass is 266 g/mol. The first-order chi connectivity index (χ1) is 8.93. The van der Waals surface area contributed by atoms with Gasteiger partial charge in [0.05, 0.1) is 12.7 Å². The molecule has 1 aromatic rings. The highest BCUT2D eigenvalue weighted by Gasteiger charge is 2.21. The molecule has 4 nitrogen and oxygen atoms in total. The number of methoxy groups -OCH3 is 2. The zero-order valence-corrected chi connectivity index (χ0v) is 12.6. The molecule has 4 heteroatoms. The summed E-state index contributed by atoms with van der Waals surface area (Å²) in [5.41, 5.74) is 5.03. The topological polar surface area (TPSA) is 56.5 Å². The quantitative estimate of drug-likeness (QED) is 0.588. The van der Waals surface area contributed by atoms with Crippen LogP contribution in [0.2, 0.25) is 0 Å². The summed E-state index contributed by atoms with van der Waals surface area (Å²) in [4.78, 5) is 0. The van der Waals surface area contributed by atoms with Crippen LogP contribution in [0.4, 0.5) is 0 Å². The molecule has 0 aliphatic heterocycles. The van der Waals surface area contributed by atoms with Gasteiger partial charge in [-0.3, -0.25) is 11.3 Å². The maximum Gasteiger partial charge on any atom is 0.123 e. The van der Waals surface area contributed by atoms with Gasteiger partial charge in [0.15, 0.2) is 0 Å². The normalized spacial score (nSPS) is 13.4. The zero-order valence-electron chi connectivity index (χ0n) is 12.6. The molecule has 1 rings (SSSR count). The van der Waals surface area contributed by atoms with Crippen molar-refractivity contribution in [3.63, 3.8) is 0 Å². The highest BCUT2D eigenvalue weighted by atomic mass is 16.5. The SMILES string of the molecule is COc1ccc(C)cc1C(CCC(C)(C)OC)NN. The molecule has 108 valence electrons. The van der Waals surface area contributed by atoms with Gasteiger partial charge in [-0.1, -0.05) is 17.7 Å². The Kier molecular flexibility index (Phi) is 5.79. The van der Waals surface area contributed by atoms with E-state index in [0.29, 0.717) is 0 Å². The molecular weight excluding hydrogens is 240 g/mol. The van der Waals surface area contributed by atoms with Crippen molar-refractivity contribution in [2.75, 3.05) is 14.2 Å². The first kappa shape index (κ1) is 16.0. The van der Waals surface area contributed by atoms with Crippen molar-refractivity contribution in [2.24, 2.45) is 5.84 Å². The molecule has 0 bridgehead atoms. The van der Waals surface area contributed by atoms with Gasteiger partial charge in [-0.25, -0.2) is 0 Å². The van der Waals surface area contributed by atoms with Crippen LogP contribution in [-0.2, 0) is 4.74 Å². The Morgan fingerprint density at radius 2 is 2.00 bits per heavy atom. The summed E-state index contributed by atoms with van der Waals surface area (Å²) in [5.74, 6) is 6.57. The Balaban J connectivity index is 2.88. The van der Waals surface area contributed by atoms with E-state index < -0.39 is 0 Å². The maximum absolute atomic E-state index is 5.70. The first-order valence-electron chi connectivity index (χ1n) is 6.59. The van der Waals surface area contributed by atoms with Gasteiger partial charge in [0.2, 0.25) is 0 Å². The summed E-state index contributed by atoms with van der Waals surface area (Å²) in [7, 11) is 3.42. The molecule has 1 atom stereocenters.